The molecule has 5 nitrogen and oxygen atoms in total. The topological polar surface area (TPSA) is 77.3 Å². The van der Waals surface area contributed by atoms with Crippen LogP contribution in [0.5, 0.6) is 0 Å². The summed E-state index contributed by atoms with van der Waals surface area (Å²) in [6, 6.07) is 12.7. The fraction of sp³-hybridized carbons (Fsp3) is 0. The van der Waals surface area contributed by atoms with Crippen LogP contribution < -0.4 is 5.11 Å². The number of pyridine rings is 1. The number of aromatic nitrogens is 1. The molecule has 1 heterocycles. The predicted octanol–water partition coefficient (Wildman–Crippen LogP) is 2.61. The van der Waals surface area contributed by atoms with Crippen LogP contribution in [0.2, 0.25) is 0 Å². The highest BCUT2D eigenvalue weighted by Gasteiger charge is 2.08. The Morgan fingerprint density at radius 1 is 1.00 bits per heavy atom. The lowest BCUT2D eigenvalue weighted by Crippen LogP contribution is -2.54. The number of fused-ring (bicyclic) bond motifs is 2. The van der Waals surface area contributed by atoms with Crippen molar-refractivity contribution in [2.45, 2.75) is 0 Å². The zero-order valence-corrected chi connectivity index (χ0v) is 9.33. The maximum absolute atomic E-state index is 8.87. The smallest absolute Gasteiger partial charge is 0.387 e. The summed E-state index contributed by atoms with van der Waals surface area (Å²) >= 11 is 0. The Labute approximate surface area is 102 Å². The summed E-state index contributed by atoms with van der Waals surface area (Å²) < 4.78 is 0. The molecule has 3 rings (SSSR count). The van der Waals surface area contributed by atoms with Crippen molar-refractivity contribution in [2.75, 3.05) is 0 Å². The average Bonchev–Trinajstić information content (AvgIpc) is 2.43. The standard InChI is InChI=1S/C13H8N5/c14-17-10-3-1-8-5-9-2-4-11(18-15)7-13(9)16-12(8)6-10/h1-7,17H/q+1. The van der Waals surface area contributed by atoms with E-state index in [1.165, 1.54) is 0 Å². The maximum atomic E-state index is 8.87. The molecule has 0 atom stereocenters. The summed E-state index contributed by atoms with van der Waals surface area (Å²) in [5.74, 6) is 0. The highest BCUT2D eigenvalue weighted by atomic mass is 15.0. The van der Waals surface area contributed by atoms with Gasteiger partial charge in [0, 0.05) is 29.0 Å². The van der Waals surface area contributed by atoms with Gasteiger partial charge in [-0.15, -0.1) is 0 Å². The van der Waals surface area contributed by atoms with Gasteiger partial charge in [-0.25, -0.2) is 4.98 Å². The van der Waals surface area contributed by atoms with E-state index in [2.05, 4.69) is 15.1 Å². The SMILES string of the molecule is N#[N+]c1ccc2cc3ccc([NH+]=[N-])cc3nc2c1. The number of rotatable bonds is 1. The van der Waals surface area contributed by atoms with Gasteiger partial charge in [-0.1, -0.05) is 0 Å². The number of hydrogen-bond acceptors (Lipinski definition) is 2. The van der Waals surface area contributed by atoms with Gasteiger partial charge in [-0.2, -0.15) is 0 Å². The van der Waals surface area contributed by atoms with Crippen molar-refractivity contribution in [3.8, 4) is 0 Å². The Morgan fingerprint density at radius 2 is 1.72 bits per heavy atom. The Bertz CT molecular complexity index is 817. The van der Waals surface area contributed by atoms with Crippen LogP contribution in [0.3, 0.4) is 0 Å². The molecule has 84 valence electrons. The van der Waals surface area contributed by atoms with E-state index >= 15 is 0 Å². The molecule has 18 heavy (non-hydrogen) atoms. The van der Waals surface area contributed by atoms with Gasteiger partial charge in [0.1, 0.15) is 0 Å². The number of nitrogens with zero attached hydrogens (tertiary/aromatic N) is 4. The van der Waals surface area contributed by atoms with Crippen LogP contribution in [0.25, 0.3) is 32.3 Å². The van der Waals surface area contributed by atoms with Crippen molar-refractivity contribution < 1.29 is 5.11 Å². The predicted molar refractivity (Wildman–Crippen MR) is 68.0 cm³/mol. The molecule has 2 aromatic carbocycles. The normalized spacial score (nSPS) is 10.4. The Morgan fingerprint density at radius 3 is 2.44 bits per heavy atom. The van der Waals surface area contributed by atoms with E-state index in [1.54, 1.807) is 24.3 Å². The molecule has 1 N–H and O–H groups in total. The minimum atomic E-state index is 0.464. The van der Waals surface area contributed by atoms with Gasteiger partial charge in [-0.3, -0.25) is 5.11 Å². The first-order valence-electron chi connectivity index (χ1n) is 5.40. The first-order chi connectivity index (χ1) is 8.80. The molecular formula is C13H8N5+. The summed E-state index contributed by atoms with van der Waals surface area (Å²) in [4.78, 5) is 7.61. The van der Waals surface area contributed by atoms with Gasteiger partial charge in [0.2, 0.25) is 5.39 Å². The van der Waals surface area contributed by atoms with Crippen LogP contribution in [0, 0.1) is 5.39 Å². The van der Waals surface area contributed by atoms with E-state index in [0.29, 0.717) is 11.4 Å². The minimum Gasteiger partial charge on any atom is -0.502 e. The van der Waals surface area contributed by atoms with Crippen LogP contribution >= 0.6 is 0 Å². The van der Waals surface area contributed by atoms with Crippen LogP contribution in [0.4, 0.5) is 11.4 Å². The minimum absolute atomic E-state index is 0.464. The summed E-state index contributed by atoms with van der Waals surface area (Å²) in [6.07, 6.45) is 0. The summed E-state index contributed by atoms with van der Waals surface area (Å²) in [6.45, 7) is 0. The second kappa shape index (κ2) is 3.86. The van der Waals surface area contributed by atoms with E-state index in [0.717, 1.165) is 21.8 Å². The monoisotopic (exact) mass is 234 g/mol. The fourth-order valence-electron chi connectivity index (χ4n) is 1.94. The quantitative estimate of drug-likeness (QED) is 0.399. The molecular weight excluding hydrogens is 226 g/mol. The highest BCUT2D eigenvalue weighted by molar-refractivity contribution is 5.94. The summed E-state index contributed by atoms with van der Waals surface area (Å²) in [7, 11) is 0. The van der Waals surface area contributed by atoms with Gasteiger partial charge >= 0.3 is 5.69 Å². The molecule has 1 aromatic heterocycles. The fourth-order valence-corrected chi connectivity index (χ4v) is 1.94. The van der Waals surface area contributed by atoms with Crippen molar-refractivity contribution in [1.82, 2.24) is 4.98 Å². The molecule has 0 unspecified atom stereocenters. The van der Waals surface area contributed by atoms with Gasteiger partial charge in [0.15, 0.2) is 10.7 Å². The summed E-state index contributed by atoms with van der Waals surface area (Å²) in [5, 5.41) is 12.8. The molecule has 0 bridgehead atoms. The molecule has 0 saturated carbocycles. The average molecular weight is 234 g/mol. The van der Waals surface area contributed by atoms with Gasteiger partial charge < -0.3 is 5.53 Å². The van der Waals surface area contributed by atoms with E-state index in [4.69, 9.17) is 10.9 Å². The molecule has 0 aliphatic heterocycles. The van der Waals surface area contributed by atoms with Crippen LogP contribution in [0.15, 0.2) is 42.5 Å². The van der Waals surface area contributed by atoms with E-state index in [1.807, 2.05) is 18.2 Å². The molecule has 0 aliphatic rings. The van der Waals surface area contributed by atoms with Crippen molar-refractivity contribution in [1.29, 1.82) is 5.39 Å². The lowest BCUT2D eigenvalue weighted by atomic mass is 10.1. The zero-order valence-electron chi connectivity index (χ0n) is 9.33. The molecule has 0 saturated heterocycles. The van der Waals surface area contributed by atoms with Crippen LogP contribution in [0.1, 0.15) is 0 Å². The third kappa shape index (κ3) is 1.57. The van der Waals surface area contributed by atoms with Gasteiger partial charge in [0.25, 0.3) is 0 Å². The third-order valence-corrected chi connectivity index (χ3v) is 2.84. The number of nitrogens with one attached hydrogen (secondary N) is 1. The lowest BCUT2D eigenvalue weighted by Gasteiger charge is -2.00. The van der Waals surface area contributed by atoms with E-state index in [9.17, 15) is 0 Å². The van der Waals surface area contributed by atoms with Gasteiger partial charge in [0.05, 0.1) is 17.1 Å². The molecule has 0 spiro atoms. The van der Waals surface area contributed by atoms with E-state index < -0.39 is 0 Å². The number of diazo groups is 1. The van der Waals surface area contributed by atoms with Crippen molar-refractivity contribution in [3.05, 3.63) is 53.0 Å². The van der Waals surface area contributed by atoms with E-state index in [-0.39, 0.29) is 0 Å². The zero-order chi connectivity index (χ0) is 12.5. The third-order valence-electron chi connectivity index (χ3n) is 2.84. The molecule has 0 aliphatic carbocycles. The first-order valence-corrected chi connectivity index (χ1v) is 5.40. The molecule has 3 aromatic rings. The summed E-state index contributed by atoms with van der Waals surface area (Å²) in [5.41, 5.74) is 11.4. The molecule has 0 amide bonds. The number of hydrogen-bond donors (Lipinski definition) is 1. The second-order valence-corrected chi connectivity index (χ2v) is 3.98. The Balaban J connectivity index is 2.37. The maximum Gasteiger partial charge on any atom is 0.387 e. The highest BCUT2D eigenvalue weighted by Crippen LogP contribution is 2.24. The number of benzene rings is 2. The van der Waals surface area contributed by atoms with Crippen LogP contribution in [-0.2, 0) is 0 Å². The van der Waals surface area contributed by atoms with Crippen molar-refractivity contribution in [2.24, 2.45) is 0 Å². The second-order valence-electron chi connectivity index (χ2n) is 3.98. The van der Waals surface area contributed by atoms with Gasteiger partial charge in [-0.05, 0) is 18.2 Å². The first kappa shape index (κ1) is 10.3. The van der Waals surface area contributed by atoms with Crippen molar-refractivity contribution >= 4 is 33.2 Å². The van der Waals surface area contributed by atoms with Crippen LogP contribution in [-0.4, -0.2) is 4.98 Å². The largest absolute Gasteiger partial charge is 0.502 e. The Hall–Kier alpha value is -2.87. The molecule has 0 radical (unpaired) electrons. The molecule has 0 fully saturated rings. The lowest BCUT2D eigenvalue weighted by molar-refractivity contribution is -0.379. The Kier molecular flexibility index (Phi) is 2.21. The molecule has 5 heteroatoms. The van der Waals surface area contributed by atoms with Crippen molar-refractivity contribution in [3.63, 3.8) is 0 Å².